The summed E-state index contributed by atoms with van der Waals surface area (Å²) < 4.78 is 5.43. The smallest absolute Gasteiger partial charge is 0.232 e. The largest absolute Gasteiger partial charge is 0.342 e. The average molecular weight is 382 g/mol. The van der Waals surface area contributed by atoms with Gasteiger partial charge in [0.2, 0.25) is 17.6 Å². The van der Waals surface area contributed by atoms with E-state index in [1.807, 2.05) is 41.3 Å². The molecule has 1 aliphatic heterocycles. The van der Waals surface area contributed by atoms with E-state index in [1.54, 1.807) is 6.07 Å². The van der Waals surface area contributed by atoms with E-state index >= 15 is 0 Å². The van der Waals surface area contributed by atoms with Crippen molar-refractivity contribution in [1.29, 1.82) is 0 Å². The molecular formula is C21H20ClN3O2. The van der Waals surface area contributed by atoms with E-state index in [0.29, 0.717) is 29.7 Å². The maximum Gasteiger partial charge on any atom is 0.232 e. The minimum Gasteiger partial charge on any atom is -0.342 e. The number of aromatic nitrogens is 2. The van der Waals surface area contributed by atoms with Crippen molar-refractivity contribution in [2.75, 3.05) is 13.1 Å². The molecule has 138 valence electrons. The third-order valence-corrected chi connectivity index (χ3v) is 5.19. The van der Waals surface area contributed by atoms with E-state index in [-0.39, 0.29) is 11.8 Å². The van der Waals surface area contributed by atoms with Crippen LogP contribution in [0.3, 0.4) is 0 Å². The van der Waals surface area contributed by atoms with Crippen LogP contribution in [-0.4, -0.2) is 34.0 Å². The molecule has 6 heteroatoms. The predicted octanol–water partition coefficient (Wildman–Crippen LogP) is 4.34. The van der Waals surface area contributed by atoms with Crippen molar-refractivity contribution in [3.8, 4) is 11.4 Å². The van der Waals surface area contributed by atoms with Crippen LogP contribution in [0.4, 0.5) is 0 Å². The van der Waals surface area contributed by atoms with Gasteiger partial charge in [0, 0.05) is 25.1 Å². The Morgan fingerprint density at radius 1 is 1.11 bits per heavy atom. The van der Waals surface area contributed by atoms with Gasteiger partial charge in [-0.1, -0.05) is 59.2 Å². The zero-order valence-corrected chi connectivity index (χ0v) is 15.6. The highest BCUT2D eigenvalue weighted by atomic mass is 35.5. The fraction of sp³-hybridized carbons (Fsp3) is 0.286. The molecule has 4 rings (SSSR count). The Morgan fingerprint density at radius 3 is 2.70 bits per heavy atom. The number of amides is 1. The van der Waals surface area contributed by atoms with Crippen LogP contribution >= 0.6 is 11.6 Å². The summed E-state index contributed by atoms with van der Waals surface area (Å²) in [7, 11) is 0. The maximum absolute atomic E-state index is 12.3. The van der Waals surface area contributed by atoms with Crippen LogP contribution in [0.25, 0.3) is 11.4 Å². The van der Waals surface area contributed by atoms with Gasteiger partial charge in [-0.05, 0) is 30.5 Å². The van der Waals surface area contributed by atoms with E-state index in [4.69, 9.17) is 16.1 Å². The van der Waals surface area contributed by atoms with Gasteiger partial charge in [-0.15, -0.1) is 0 Å². The molecule has 27 heavy (non-hydrogen) atoms. The molecule has 2 heterocycles. The van der Waals surface area contributed by atoms with Gasteiger partial charge in [-0.25, -0.2) is 0 Å². The molecule has 1 aromatic heterocycles. The summed E-state index contributed by atoms with van der Waals surface area (Å²) in [5.74, 6) is 1.05. The molecule has 0 saturated carbocycles. The molecule has 0 aliphatic carbocycles. The number of benzene rings is 2. The minimum atomic E-state index is -0.0574. The zero-order valence-electron chi connectivity index (χ0n) is 14.8. The first kappa shape index (κ1) is 17.7. The minimum absolute atomic E-state index is 0.0574. The highest BCUT2D eigenvalue weighted by Gasteiger charge is 2.34. The summed E-state index contributed by atoms with van der Waals surface area (Å²) in [6.07, 6.45) is 2.32. The SMILES string of the molecule is O=C1CC(c2nc(-c3ccccc3Cl)no2)CN1CCCc1ccccc1. The topological polar surface area (TPSA) is 59.2 Å². The molecule has 1 aliphatic rings. The van der Waals surface area contributed by atoms with Crippen LogP contribution in [0, 0.1) is 0 Å². The Hall–Kier alpha value is -2.66. The first-order valence-electron chi connectivity index (χ1n) is 9.11. The third kappa shape index (κ3) is 4.03. The van der Waals surface area contributed by atoms with Crippen LogP contribution in [0.2, 0.25) is 5.02 Å². The van der Waals surface area contributed by atoms with Crippen molar-refractivity contribution < 1.29 is 9.32 Å². The molecule has 2 aromatic carbocycles. The standard InChI is InChI=1S/C21H20ClN3O2/c22-18-11-5-4-10-17(18)20-23-21(27-24-20)16-13-19(26)25(14-16)12-6-9-15-7-2-1-3-8-15/h1-5,7-8,10-11,16H,6,9,12-14H2. The second-order valence-corrected chi connectivity index (χ2v) is 7.17. The van der Waals surface area contributed by atoms with Gasteiger partial charge in [0.05, 0.1) is 10.9 Å². The fourth-order valence-corrected chi connectivity index (χ4v) is 3.65. The summed E-state index contributed by atoms with van der Waals surface area (Å²) in [6, 6.07) is 17.7. The summed E-state index contributed by atoms with van der Waals surface area (Å²) in [5.41, 5.74) is 2.03. The number of aryl methyl sites for hydroxylation is 1. The van der Waals surface area contributed by atoms with E-state index in [2.05, 4.69) is 22.3 Å². The van der Waals surface area contributed by atoms with Gasteiger partial charge < -0.3 is 9.42 Å². The second kappa shape index (κ2) is 7.92. The summed E-state index contributed by atoms with van der Waals surface area (Å²) in [4.78, 5) is 18.7. The molecule has 0 radical (unpaired) electrons. The van der Waals surface area contributed by atoms with Gasteiger partial charge in [0.25, 0.3) is 0 Å². The molecule has 0 N–H and O–H groups in total. The van der Waals surface area contributed by atoms with Crippen LogP contribution in [0.5, 0.6) is 0 Å². The van der Waals surface area contributed by atoms with Crippen LogP contribution in [-0.2, 0) is 11.2 Å². The molecular weight excluding hydrogens is 362 g/mol. The van der Waals surface area contributed by atoms with Crippen LogP contribution in [0.15, 0.2) is 59.1 Å². The third-order valence-electron chi connectivity index (χ3n) is 4.86. The lowest BCUT2D eigenvalue weighted by Gasteiger charge is -2.15. The predicted molar refractivity (Wildman–Crippen MR) is 103 cm³/mol. The van der Waals surface area contributed by atoms with Gasteiger partial charge in [0.1, 0.15) is 0 Å². The molecule has 1 saturated heterocycles. The van der Waals surface area contributed by atoms with Gasteiger partial charge in [-0.2, -0.15) is 4.98 Å². The van der Waals surface area contributed by atoms with Gasteiger partial charge in [-0.3, -0.25) is 4.79 Å². The number of rotatable bonds is 6. The van der Waals surface area contributed by atoms with Crippen molar-refractivity contribution in [2.24, 2.45) is 0 Å². The molecule has 5 nitrogen and oxygen atoms in total. The molecule has 1 fully saturated rings. The van der Waals surface area contributed by atoms with Crippen LogP contribution < -0.4 is 0 Å². The van der Waals surface area contributed by atoms with E-state index in [9.17, 15) is 4.79 Å². The van der Waals surface area contributed by atoms with Crippen molar-refractivity contribution in [2.45, 2.75) is 25.2 Å². The van der Waals surface area contributed by atoms with E-state index < -0.39 is 0 Å². The number of carbonyl (C=O) groups excluding carboxylic acids is 1. The number of nitrogens with zero attached hydrogens (tertiary/aromatic N) is 3. The molecule has 1 unspecified atom stereocenters. The van der Waals surface area contributed by atoms with Crippen LogP contribution in [0.1, 0.15) is 30.2 Å². The zero-order chi connectivity index (χ0) is 18.6. The Kier molecular flexibility index (Phi) is 5.21. The number of hydrogen-bond acceptors (Lipinski definition) is 4. The van der Waals surface area contributed by atoms with Crippen molar-refractivity contribution >= 4 is 17.5 Å². The Bertz CT molecular complexity index is 926. The number of halogens is 1. The van der Waals surface area contributed by atoms with E-state index in [0.717, 1.165) is 24.9 Å². The lowest BCUT2D eigenvalue weighted by atomic mass is 10.1. The molecule has 1 atom stereocenters. The normalized spacial score (nSPS) is 16.9. The fourth-order valence-electron chi connectivity index (χ4n) is 3.43. The molecule has 1 amide bonds. The average Bonchev–Trinajstić information content (AvgIpc) is 3.30. The maximum atomic E-state index is 12.3. The van der Waals surface area contributed by atoms with E-state index in [1.165, 1.54) is 5.56 Å². The van der Waals surface area contributed by atoms with Crippen molar-refractivity contribution in [1.82, 2.24) is 15.0 Å². The summed E-state index contributed by atoms with van der Waals surface area (Å²) in [6.45, 7) is 1.37. The molecule has 0 spiro atoms. The molecule has 0 bridgehead atoms. The highest BCUT2D eigenvalue weighted by molar-refractivity contribution is 6.33. The first-order valence-corrected chi connectivity index (χ1v) is 9.48. The summed E-state index contributed by atoms with van der Waals surface area (Å²) in [5, 5.41) is 4.62. The number of hydrogen-bond donors (Lipinski definition) is 0. The highest BCUT2D eigenvalue weighted by Crippen LogP contribution is 2.30. The Morgan fingerprint density at radius 2 is 1.89 bits per heavy atom. The van der Waals surface area contributed by atoms with Crippen molar-refractivity contribution in [3.63, 3.8) is 0 Å². The Labute approximate surface area is 163 Å². The number of likely N-dealkylation sites (tertiary alicyclic amines) is 1. The summed E-state index contributed by atoms with van der Waals surface area (Å²) >= 11 is 6.20. The monoisotopic (exact) mass is 381 g/mol. The quantitative estimate of drug-likeness (QED) is 0.637. The number of carbonyl (C=O) groups is 1. The first-order chi connectivity index (χ1) is 13.2. The van der Waals surface area contributed by atoms with Gasteiger partial charge in [0.15, 0.2) is 0 Å². The van der Waals surface area contributed by atoms with Gasteiger partial charge >= 0.3 is 0 Å². The van der Waals surface area contributed by atoms with Crippen molar-refractivity contribution in [3.05, 3.63) is 71.1 Å². The lowest BCUT2D eigenvalue weighted by Crippen LogP contribution is -2.26. The lowest BCUT2D eigenvalue weighted by molar-refractivity contribution is -0.127. The second-order valence-electron chi connectivity index (χ2n) is 6.77. The molecule has 3 aromatic rings. The Balaban J connectivity index is 1.37.